The number of nitrogens with zero attached hydrogens (tertiary/aromatic N) is 2. The molecule has 0 bridgehead atoms. The zero-order valence-corrected chi connectivity index (χ0v) is 9.65. The lowest BCUT2D eigenvalue weighted by atomic mass is 10.5. The lowest BCUT2D eigenvalue weighted by Gasteiger charge is -2.20. The third-order valence-corrected chi connectivity index (χ3v) is 1.38. The predicted octanol–water partition coefficient (Wildman–Crippen LogP) is 2.07. The van der Waals surface area contributed by atoms with Gasteiger partial charge in [-0.05, 0) is 21.1 Å². The standard InChI is InChI=1S/C7H15F3N2.C2H6/c1-11(2)4-5-12(3)6-7(8,9)10;1-2/h4-6H2,1-3H3;1-2H3. The van der Waals surface area contributed by atoms with Gasteiger partial charge in [0.1, 0.15) is 0 Å². The maximum atomic E-state index is 11.8. The first-order valence-electron chi connectivity index (χ1n) is 4.71. The third kappa shape index (κ3) is 14.2. The van der Waals surface area contributed by atoms with Crippen molar-refractivity contribution in [2.45, 2.75) is 20.0 Å². The highest BCUT2D eigenvalue weighted by Gasteiger charge is 2.28. The molecule has 0 heterocycles. The van der Waals surface area contributed by atoms with Crippen molar-refractivity contribution in [2.75, 3.05) is 40.8 Å². The quantitative estimate of drug-likeness (QED) is 0.707. The van der Waals surface area contributed by atoms with Crippen LogP contribution in [0.4, 0.5) is 13.2 Å². The molecule has 0 aliphatic heterocycles. The highest BCUT2D eigenvalue weighted by atomic mass is 19.4. The Hall–Kier alpha value is -0.290. The molecular formula is C9H21F3N2. The van der Waals surface area contributed by atoms with Gasteiger partial charge in [-0.25, -0.2) is 0 Å². The average molecular weight is 214 g/mol. The van der Waals surface area contributed by atoms with Crippen molar-refractivity contribution in [3.05, 3.63) is 0 Å². The fraction of sp³-hybridized carbons (Fsp3) is 1.00. The summed E-state index contributed by atoms with van der Waals surface area (Å²) in [7, 11) is 5.14. The largest absolute Gasteiger partial charge is 0.401 e. The number of rotatable bonds is 4. The summed E-state index contributed by atoms with van der Waals surface area (Å²) >= 11 is 0. The Kier molecular flexibility index (Phi) is 9.29. The monoisotopic (exact) mass is 214 g/mol. The van der Waals surface area contributed by atoms with Gasteiger partial charge < -0.3 is 4.90 Å². The first-order chi connectivity index (χ1) is 6.31. The van der Waals surface area contributed by atoms with Crippen molar-refractivity contribution in [3.63, 3.8) is 0 Å². The minimum absolute atomic E-state index is 0.437. The Morgan fingerprint density at radius 1 is 0.929 bits per heavy atom. The third-order valence-electron chi connectivity index (χ3n) is 1.38. The molecule has 0 aliphatic carbocycles. The van der Waals surface area contributed by atoms with Gasteiger partial charge in [0, 0.05) is 13.1 Å². The second-order valence-corrected chi connectivity index (χ2v) is 3.16. The fourth-order valence-corrected chi connectivity index (χ4v) is 0.756. The fourth-order valence-electron chi connectivity index (χ4n) is 0.756. The molecular weight excluding hydrogens is 193 g/mol. The Bertz CT molecular complexity index is 124. The summed E-state index contributed by atoms with van der Waals surface area (Å²) in [6.07, 6.45) is -4.08. The Balaban J connectivity index is 0. The van der Waals surface area contributed by atoms with Crippen molar-refractivity contribution in [1.82, 2.24) is 9.80 Å². The van der Waals surface area contributed by atoms with Crippen molar-refractivity contribution in [3.8, 4) is 0 Å². The van der Waals surface area contributed by atoms with Crippen LogP contribution in [0.1, 0.15) is 13.8 Å². The molecule has 0 rings (SSSR count). The molecule has 0 aromatic carbocycles. The summed E-state index contributed by atoms with van der Waals surface area (Å²) in [4.78, 5) is 3.12. The first kappa shape index (κ1) is 16.2. The Morgan fingerprint density at radius 2 is 1.36 bits per heavy atom. The van der Waals surface area contributed by atoms with E-state index in [1.807, 2.05) is 32.8 Å². The molecule has 0 fully saturated rings. The lowest BCUT2D eigenvalue weighted by molar-refractivity contribution is -0.143. The zero-order chi connectivity index (χ0) is 11.8. The van der Waals surface area contributed by atoms with Gasteiger partial charge in [-0.3, -0.25) is 4.90 Å². The highest BCUT2D eigenvalue weighted by Crippen LogP contribution is 2.14. The van der Waals surface area contributed by atoms with E-state index in [1.165, 1.54) is 11.9 Å². The van der Waals surface area contributed by atoms with Crippen LogP contribution in [0.15, 0.2) is 0 Å². The molecule has 5 heteroatoms. The van der Waals surface area contributed by atoms with Crippen LogP contribution in [0, 0.1) is 0 Å². The van der Waals surface area contributed by atoms with Gasteiger partial charge in [-0.15, -0.1) is 0 Å². The molecule has 0 atom stereocenters. The molecule has 0 radical (unpaired) electrons. The average Bonchev–Trinajstić information content (AvgIpc) is 2.02. The van der Waals surface area contributed by atoms with E-state index in [2.05, 4.69) is 0 Å². The number of likely N-dealkylation sites (N-methyl/N-ethyl adjacent to an activating group) is 2. The van der Waals surface area contributed by atoms with Gasteiger partial charge in [0.05, 0.1) is 6.54 Å². The minimum Gasteiger partial charge on any atom is -0.308 e. The van der Waals surface area contributed by atoms with Crippen LogP contribution in [-0.4, -0.2) is 56.8 Å². The van der Waals surface area contributed by atoms with Crippen LogP contribution in [0.2, 0.25) is 0 Å². The van der Waals surface area contributed by atoms with Crippen molar-refractivity contribution in [1.29, 1.82) is 0 Å². The maximum Gasteiger partial charge on any atom is 0.401 e. The second-order valence-electron chi connectivity index (χ2n) is 3.16. The molecule has 0 aromatic rings. The topological polar surface area (TPSA) is 6.48 Å². The molecule has 0 N–H and O–H groups in total. The summed E-state index contributed by atoms with van der Waals surface area (Å²) in [6, 6.07) is 0. The van der Waals surface area contributed by atoms with Crippen LogP contribution in [0.25, 0.3) is 0 Å². The molecule has 0 aromatic heterocycles. The van der Waals surface area contributed by atoms with Gasteiger partial charge in [0.2, 0.25) is 0 Å². The molecule has 0 saturated carbocycles. The molecule has 14 heavy (non-hydrogen) atoms. The number of hydrogen-bond donors (Lipinski definition) is 0. The molecule has 0 spiro atoms. The second kappa shape index (κ2) is 8.05. The van der Waals surface area contributed by atoms with E-state index in [0.29, 0.717) is 13.1 Å². The summed E-state index contributed by atoms with van der Waals surface area (Å²) in [5.74, 6) is 0. The van der Waals surface area contributed by atoms with Gasteiger partial charge in [0.15, 0.2) is 0 Å². The Labute approximate surface area is 84.7 Å². The number of halogens is 3. The molecule has 0 aliphatic rings. The smallest absolute Gasteiger partial charge is 0.308 e. The first-order valence-corrected chi connectivity index (χ1v) is 4.71. The van der Waals surface area contributed by atoms with E-state index in [9.17, 15) is 13.2 Å². The summed E-state index contributed by atoms with van der Waals surface area (Å²) < 4.78 is 35.3. The van der Waals surface area contributed by atoms with Gasteiger partial charge in [-0.2, -0.15) is 13.2 Å². The zero-order valence-electron chi connectivity index (χ0n) is 9.65. The van der Waals surface area contributed by atoms with Gasteiger partial charge in [-0.1, -0.05) is 13.8 Å². The molecule has 2 nitrogen and oxygen atoms in total. The van der Waals surface area contributed by atoms with Gasteiger partial charge in [0.25, 0.3) is 0 Å². The van der Waals surface area contributed by atoms with Crippen LogP contribution < -0.4 is 0 Å². The summed E-state index contributed by atoms with van der Waals surface area (Å²) in [6.45, 7) is 4.25. The Morgan fingerprint density at radius 3 is 1.64 bits per heavy atom. The van der Waals surface area contributed by atoms with Gasteiger partial charge >= 0.3 is 6.18 Å². The molecule has 0 amide bonds. The van der Waals surface area contributed by atoms with E-state index >= 15 is 0 Å². The van der Waals surface area contributed by atoms with E-state index in [0.717, 1.165) is 0 Å². The molecule has 0 unspecified atom stereocenters. The van der Waals surface area contributed by atoms with Crippen LogP contribution in [0.5, 0.6) is 0 Å². The van der Waals surface area contributed by atoms with E-state index in [1.54, 1.807) is 0 Å². The number of alkyl halides is 3. The minimum atomic E-state index is -4.08. The van der Waals surface area contributed by atoms with E-state index in [-0.39, 0.29) is 0 Å². The van der Waals surface area contributed by atoms with Crippen molar-refractivity contribution in [2.24, 2.45) is 0 Å². The van der Waals surface area contributed by atoms with Crippen LogP contribution >= 0.6 is 0 Å². The lowest BCUT2D eigenvalue weighted by Crippen LogP contribution is -2.35. The maximum absolute atomic E-state index is 11.8. The van der Waals surface area contributed by atoms with Crippen LogP contribution in [-0.2, 0) is 0 Å². The molecule has 0 saturated heterocycles. The van der Waals surface area contributed by atoms with E-state index in [4.69, 9.17) is 0 Å². The van der Waals surface area contributed by atoms with Crippen molar-refractivity contribution >= 4 is 0 Å². The number of hydrogen-bond acceptors (Lipinski definition) is 2. The SMILES string of the molecule is CC.CN(C)CCN(C)CC(F)(F)F. The van der Waals surface area contributed by atoms with E-state index < -0.39 is 12.7 Å². The van der Waals surface area contributed by atoms with Crippen LogP contribution in [0.3, 0.4) is 0 Å². The summed E-state index contributed by atoms with van der Waals surface area (Å²) in [5.41, 5.74) is 0. The normalized spacial score (nSPS) is 11.6. The van der Waals surface area contributed by atoms with Crippen molar-refractivity contribution < 1.29 is 13.2 Å². The predicted molar refractivity (Wildman–Crippen MR) is 53.5 cm³/mol. The molecule has 88 valence electrons. The highest BCUT2D eigenvalue weighted by molar-refractivity contribution is 4.59. The summed E-state index contributed by atoms with van der Waals surface area (Å²) in [5, 5.41) is 0.